The summed E-state index contributed by atoms with van der Waals surface area (Å²) >= 11 is 0. The molecule has 0 bridgehead atoms. The van der Waals surface area contributed by atoms with Gasteiger partial charge in [0.2, 0.25) is 5.91 Å². The molecule has 1 unspecified atom stereocenters. The molecule has 1 aliphatic heterocycles. The van der Waals surface area contributed by atoms with Gasteiger partial charge in [-0.2, -0.15) is 5.26 Å². The topological polar surface area (TPSA) is 50.6 Å². The first-order valence-electron chi connectivity index (χ1n) is 6.08. The van der Waals surface area contributed by atoms with E-state index in [9.17, 15) is 4.79 Å². The van der Waals surface area contributed by atoms with Gasteiger partial charge >= 0.3 is 0 Å². The Morgan fingerprint density at radius 1 is 1.41 bits per heavy atom. The third-order valence-electron chi connectivity index (χ3n) is 3.38. The Bertz CT molecular complexity index is 291. The predicted molar refractivity (Wildman–Crippen MR) is 66.4 cm³/mol. The molecule has 96 valence electrons. The van der Waals surface area contributed by atoms with Gasteiger partial charge in [-0.05, 0) is 21.0 Å². The van der Waals surface area contributed by atoms with Crippen molar-refractivity contribution in [1.29, 1.82) is 5.26 Å². The Morgan fingerprint density at radius 2 is 2.00 bits per heavy atom. The molecule has 17 heavy (non-hydrogen) atoms. The lowest BCUT2D eigenvalue weighted by Crippen LogP contribution is -2.50. The number of rotatable bonds is 4. The number of amides is 1. The first-order chi connectivity index (χ1) is 8.04. The molecule has 1 heterocycles. The van der Waals surface area contributed by atoms with Gasteiger partial charge in [0.25, 0.3) is 0 Å². The largest absolute Gasteiger partial charge is 0.339 e. The molecule has 0 radical (unpaired) electrons. The number of hydrogen-bond donors (Lipinski definition) is 0. The number of piperazine rings is 1. The molecule has 1 rings (SSSR count). The first-order valence-corrected chi connectivity index (χ1v) is 6.08. The smallest absolute Gasteiger partial charge is 0.236 e. The Morgan fingerprint density at radius 3 is 2.53 bits per heavy atom. The van der Waals surface area contributed by atoms with Gasteiger partial charge in [0.1, 0.15) is 0 Å². The van der Waals surface area contributed by atoms with E-state index in [-0.39, 0.29) is 11.9 Å². The van der Waals surface area contributed by atoms with E-state index in [4.69, 9.17) is 5.26 Å². The average molecular weight is 238 g/mol. The highest BCUT2D eigenvalue weighted by Crippen LogP contribution is 2.04. The summed E-state index contributed by atoms with van der Waals surface area (Å²) in [4.78, 5) is 18.1. The molecule has 5 nitrogen and oxygen atoms in total. The van der Waals surface area contributed by atoms with Crippen LogP contribution in [-0.4, -0.2) is 73.5 Å². The number of carbonyl (C=O) groups excluding carboxylic acids is 1. The van der Waals surface area contributed by atoms with E-state index in [1.54, 1.807) is 0 Å². The molecule has 1 saturated heterocycles. The van der Waals surface area contributed by atoms with Crippen molar-refractivity contribution in [2.75, 3.05) is 46.8 Å². The number of hydrogen-bond acceptors (Lipinski definition) is 4. The lowest BCUT2D eigenvalue weighted by molar-refractivity contribution is -0.134. The Labute approximate surface area is 104 Å². The van der Waals surface area contributed by atoms with Crippen LogP contribution < -0.4 is 0 Å². The Hall–Kier alpha value is -1.12. The summed E-state index contributed by atoms with van der Waals surface area (Å²) in [6.07, 6.45) is 0.465. The molecular formula is C12H22N4O. The maximum absolute atomic E-state index is 12.0. The van der Waals surface area contributed by atoms with Crippen LogP contribution in [0.25, 0.3) is 0 Å². The van der Waals surface area contributed by atoms with Crippen molar-refractivity contribution in [3.8, 4) is 6.07 Å². The third kappa shape index (κ3) is 4.33. The lowest BCUT2D eigenvalue weighted by atomic mass is 10.2. The minimum atomic E-state index is 0.136. The van der Waals surface area contributed by atoms with Gasteiger partial charge in [0.05, 0.1) is 19.0 Å². The standard InChI is InChI=1S/C12H22N4O/c1-11(4-5-13)15(3)10-12(17)16-8-6-14(2)7-9-16/h11H,4,6-10H2,1-3H3. The highest BCUT2D eigenvalue weighted by molar-refractivity contribution is 5.78. The van der Waals surface area contributed by atoms with E-state index in [1.807, 2.05) is 23.8 Å². The quantitative estimate of drug-likeness (QED) is 0.691. The van der Waals surface area contributed by atoms with E-state index in [2.05, 4.69) is 18.0 Å². The fraction of sp³-hybridized carbons (Fsp3) is 0.833. The van der Waals surface area contributed by atoms with Crippen LogP contribution >= 0.6 is 0 Å². The van der Waals surface area contributed by atoms with Crippen molar-refractivity contribution >= 4 is 5.91 Å². The molecule has 0 N–H and O–H groups in total. The SMILES string of the molecule is CC(CC#N)N(C)CC(=O)N1CCN(C)CC1. The lowest BCUT2D eigenvalue weighted by Gasteiger charge is -2.34. The number of likely N-dealkylation sites (N-methyl/N-ethyl adjacent to an activating group) is 2. The van der Waals surface area contributed by atoms with Crippen LogP contribution in [0.4, 0.5) is 0 Å². The van der Waals surface area contributed by atoms with Crippen molar-refractivity contribution < 1.29 is 4.79 Å². The zero-order valence-corrected chi connectivity index (χ0v) is 11.0. The van der Waals surface area contributed by atoms with Crippen molar-refractivity contribution in [2.45, 2.75) is 19.4 Å². The second-order valence-electron chi connectivity index (χ2n) is 4.81. The second-order valence-corrected chi connectivity index (χ2v) is 4.81. The molecule has 0 aliphatic carbocycles. The monoisotopic (exact) mass is 238 g/mol. The minimum Gasteiger partial charge on any atom is -0.339 e. The molecule has 0 spiro atoms. The summed E-state index contributed by atoms with van der Waals surface area (Å²) in [7, 11) is 3.97. The summed E-state index contributed by atoms with van der Waals surface area (Å²) in [5, 5.41) is 8.62. The normalized spacial score (nSPS) is 19.1. The van der Waals surface area contributed by atoms with Crippen molar-refractivity contribution in [2.24, 2.45) is 0 Å². The van der Waals surface area contributed by atoms with Gasteiger partial charge in [-0.1, -0.05) is 0 Å². The minimum absolute atomic E-state index is 0.136. The molecule has 1 atom stereocenters. The van der Waals surface area contributed by atoms with Crippen molar-refractivity contribution in [3.63, 3.8) is 0 Å². The predicted octanol–water partition coefficient (Wildman–Crippen LogP) is -0.00562. The number of nitrogens with zero attached hydrogens (tertiary/aromatic N) is 4. The molecular weight excluding hydrogens is 216 g/mol. The van der Waals surface area contributed by atoms with Crippen LogP contribution in [0.15, 0.2) is 0 Å². The van der Waals surface area contributed by atoms with E-state index >= 15 is 0 Å². The summed E-state index contributed by atoms with van der Waals surface area (Å²) in [6.45, 7) is 5.91. The van der Waals surface area contributed by atoms with Gasteiger partial charge in [0, 0.05) is 32.2 Å². The Balaban J connectivity index is 2.36. The van der Waals surface area contributed by atoms with Gasteiger partial charge in [-0.3, -0.25) is 9.69 Å². The molecule has 0 aromatic heterocycles. The van der Waals surface area contributed by atoms with Gasteiger partial charge < -0.3 is 9.80 Å². The molecule has 0 saturated carbocycles. The zero-order chi connectivity index (χ0) is 12.8. The Kier molecular flexibility index (Phi) is 5.39. The maximum atomic E-state index is 12.0. The molecule has 0 aromatic carbocycles. The molecule has 1 fully saturated rings. The molecule has 5 heteroatoms. The summed E-state index contributed by atoms with van der Waals surface area (Å²) in [6, 6.07) is 2.27. The number of carbonyl (C=O) groups is 1. The third-order valence-corrected chi connectivity index (χ3v) is 3.38. The van der Waals surface area contributed by atoms with Crippen LogP contribution in [-0.2, 0) is 4.79 Å². The van der Waals surface area contributed by atoms with Gasteiger partial charge in [-0.25, -0.2) is 0 Å². The van der Waals surface area contributed by atoms with Crippen LogP contribution in [0.5, 0.6) is 0 Å². The van der Waals surface area contributed by atoms with Crippen LogP contribution in [0, 0.1) is 11.3 Å². The second kappa shape index (κ2) is 6.58. The molecule has 1 aliphatic rings. The van der Waals surface area contributed by atoms with Crippen molar-refractivity contribution in [3.05, 3.63) is 0 Å². The number of nitriles is 1. The van der Waals surface area contributed by atoms with Gasteiger partial charge in [0.15, 0.2) is 0 Å². The first kappa shape index (κ1) is 13.9. The van der Waals surface area contributed by atoms with Gasteiger partial charge in [-0.15, -0.1) is 0 Å². The summed E-state index contributed by atoms with van der Waals surface area (Å²) < 4.78 is 0. The van der Waals surface area contributed by atoms with E-state index in [1.165, 1.54) is 0 Å². The highest BCUT2D eigenvalue weighted by atomic mass is 16.2. The highest BCUT2D eigenvalue weighted by Gasteiger charge is 2.21. The summed E-state index contributed by atoms with van der Waals surface area (Å²) in [5.41, 5.74) is 0. The maximum Gasteiger partial charge on any atom is 0.236 e. The average Bonchev–Trinajstić information content (AvgIpc) is 2.30. The van der Waals surface area contributed by atoms with E-state index in [0.29, 0.717) is 13.0 Å². The zero-order valence-electron chi connectivity index (χ0n) is 11.0. The van der Waals surface area contributed by atoms with E-state index in [0.717, 1.165) is 26.2 Å². The molecule has 0 aromatic rings. The van der Waals surface area contributed by atoms with Crippen LogP contribution in [0.2, 0.25) is 0 Å². The van der Waals surface area contributed by atoms with Crippen LogP contribution in [0.3, 0.4) is 0 Å². The van der Waals surface area contributed by atoms with Crippen LogP contribution in [0.1, 0.15) is 13.3 Å². The summed E-state index contributed by atoms with van der Waals surface area (Å²) in [5.74, 6) is 0.172. The fourth-order valence-electron chi connectivity index (χ4n) is 1.81. The van der Waals surface area contributed by atoms with E-state index < -0.39 is 0 Å². The molecule has 1 amide bonds. The van der Waals surface area contributed by atoms with Crippen molar-refractivity contribution in [1.82, 2.24) is 14.7 Å². The fourth-order valence-corrected chi connectivity index (χ4v) is 1.81.